The molecule has 0 saturated carbocycles. The summed E-state index contributed by atoms with van der Waals surface area (Å²) in [5.74, 6) is 0.0361. The summed E-state index contributed by atoms with van der Waals surface area (Å²) in [5.41, 5.74) is 3.88. The van der Waals surface area contributed by atoms with Crippen molar-refractivity contribution in [3.8, 4) is 0 Å². The quantitative estimate of drug-likeness (QED) is 0.469. The molecule has 1 aliphatic rings. The van der Waals surface area contributed by atoms with Gasteiger partial charge in [0.15, 0.2) is 0 Å². The second-order valence-corrected chi connectivity index (χ2v) is 9.80. The number of nitrogens with zero attached hydrogens (tertiary/aromatic N) is 2. The van der Waals surface area contributed by atoms with Crippen molar-refractivity contribution in [2.45, 2.75) is 50.8 Å². The molecule has 2 amide bonds. The third-order valence-corrected chi connectivity index (χ3v) is 7.32. The molecule has 1 N–H and O–H groups in total. The van der Waals surface area contributed by atoms with Gasteiger partial charge in [-0.25, -0.2) is 0 Å². The van der Waals surface area contributed by atoms with E-state index < -0.39 is 6.04 Å². The van der Waals surface area contributed by atoms with E-state index in [1.165, 1.54) is 17.3 Å². The maximum atomic E-state index is 13.8. The van der Waals surface area contributed by atoms with Gasteiger partial charge in [0.25, 0.3) is 0 Å². The number of anilines is 1. The molecule has 0 bridgehead atoms. The lowest BCUT2D eigenvalue weighted by Gasteiger charge is -2.30. The molecule has 0 spiro atoms. The van der Waals surface area contributed by atoms with Crippen molar-refractivity contribution in [3.05, 3.63) is 59.7 Å². The summed E-state index contributed by atoms with van der Waals surface area (Å²) >= 11 is 1.50. The molecule has 6 nitrogen and oxygen atoms in total. The third kappa shape index (κ3) is 4.86. The number of amides is 2. The molecule has 3 aromatic rings. The number of fused-ring (bicyclic) bond motifs is 3. The van der Waals surface area contributed by atoms with E-state index in [-0.39, 0.29) is 23.7 Å². The van der Waals surface area contributed by atoms with Gasteiger partial charge in [0.05, 0.1) is 16.9 Å². The van der Waals surface area contributed by atoms with Crippen molar-refractivity contribution in [3.63, 3.8) is 0 Å². The lowest BCUT2D eigenvalue weighted by atomic mass is 10.0. The maximum Gasteiger partial charge on any atom is 0.247 e. The molecular weight excluding hydrogens is 446 g/mol. The first kappa shape index (κ1) is 24.4. The molecule has 1 aliphatic heterocycles. The van der Waals surface area contributed by atoms with E-state index in [0.29, 0.717) is 19.6 Å². The minimum atomic E-state index is -0.748. The maximum absolute atomic E-state index is 13.8. The number of benzene rings is 2. The Labute approximate surface area is 205 Å². The normalized spacial score (nSPS) is 16.1. The van der Waals surface area contributed by atoms with E-state index in [0.717, 1.165) is 33.6 Å². The summed E-state index contributed by atoms with van der Waals surface area (Å²) < 4.78 is 7.71. The van der Waals surface area contributed by atoms with Crippen LogP contribution in [0.5, 0.6) is 0 Å². The van der Waals surface area contributed by atoms with Gasteiger partial charge in [-0.15, -0.1) is 0 Å². The summed E-state index contributed by atoms with van der Waals surface area (Å²) in [5, 5.41) is 5.04. The van der Waals surface area contributed by atoms with Crippen LogP contribution in [0, 0.1) is 0 Å². The first-order valence-electron chi connectivity index (χ1n) is 11.9. The smallest absolute Gasteiger partial charge is 0.247 e. The van der Waals surface area contributed by atoms with E-state index in [9.17, 15) is 9.59 Å². The van der Waals surface area contributed by atoms with Gasteiger partial charge in [0.2, 0.25) is 11.8 Å². The molecule has 0 saturated heterocycles. The predicted octanol–water partition coefficient (Wildman–Crippen LogP) is 4.85. The molecular formula is C27H33N3O3S. The minimum Gasteiger partial charge on any atom is -0.379 e. The van der Waals surface area contributed by atoms with Gasteiger partial charge >= 0.3 is 0 Å². The summed E-state index contributed by atoms with van der Waals surface area (Å²) in [6, 6.07) is 15.3. The highest BCUT2D eigenvalue weighted by atomic mass is 32.2. The van der Waals surface area contributed by atoms with Crippen LogP contribution in [0.15, 0.2) is 53.6 Å². The fraction of sp³-hybridized carbons (Fsp3) is 0.407. The molecule has 4 rings (SSSR count). The van der Waals surface area contributed by atoms with Crippen molar-refractivity contribution in [1.29, 1.82) is 0 Å². The first-order valence-corrected chi connectivity index (χ1v) is 12.9. The minimum absolute atomic E-state index is 0.0715. The van der Waals surface area contributed by atoms with Gasteiger partial charge in [0.1, 0.15) is 6.04 Å². The van der Waals surface area contributed by atoms with Crippen LogP contribution in [-0.2, 0) is 27.8 Å². The molecule has 0 radical (unpaired) electrons. The van der Waals surface area contributed by atoms with E-state index in [1.54, 1.807) is 4.90 Å². The number of carbonyl (C=O) groups is 2. The lowest BCUT2D eigenvalue weighted by molar-refractivity contribution is -0.125. The number of hydrogen-bond donors (Lipinski definition) is 1. The summed E-state index contributed by atoms with van der Waals surface area (Å²) in [7, 11) is 2.00. The first-order chi connectivity index (χ1) is 16.4. The van der Waals surface area contributed by atoms with Crippen molar-refractivity contribution >= 4 is 40.2 Å². The Bertz CT molecular complexity index is 1170. The lowest BCUT2D eigenvalue weighted by Crippen LogP contribution is -2.44. The van der Waals surface area contributed by atoms with E-state index in [1.807, 2.05) is 63.4 Å². The second kappa shape index (κ2) is 10.7. The Kier molecular flexibility index (Phi) is 7.63. The van der Waals surface area contributed by atoms with Crippen LogP contribution < -0.4 is 10.2 Å². The summed E-state index contributed by atoms with van der Waals surface area (Å²) in [4.78, 5) is 28.9. The average molecular weight is 480 g/mol. The molecule has 0 unspecified atom stereocenters. The number of carbonyl (C=O) groups excluding carboxylic acids is 2. The van der Waals surface area contributed by atoms with Crippen molar-refractivity contribution in [2.75, 3.05) is 23.8 Å². The SMILES string of the molecule is CCc1ccc(N2C(=O)CSc3c(c4ccccc4n3C)[C@@H]2C(=O)NCCCOC(C)C)cc1. The topological polar surface area (TPSA) is 63.6 Å². The number of ether oxygens (including phenoxy) is 1. The molecule has 34 heavy (non-hydrogen) atoms. The number of para-hydroxylation sites is 1. The van der Waals surface area contributed by atoms with Crippen LogP contribution in [0.1, 0.15) is 44.4 Å². The zero-order valence-corrected chi connectivity index (χ0v) is 21.2. The predicted molar refractivity (Wildman–Crippen MR) is 138 cm³/mol. The summed E-state index contributed by atoms with van der Waals surface area (Å²) in [6.07, 6.45) is 1.79. The van der Waals surface area contributed by atoms with Crippen LogP contribution in [-0.4, -0.2) is 41.4 Å². The number of aryl methyl sites for hydroxylation is 2. The van der Waals surface area contributed by atoms with Gasteiger partial charge in [-0.2, -0.15) is 0 Å². The van der Waals surface area contributed by atoms with E-state index in [2.05, 4.69) is 22.9 Å². The van der Waals surface area contributed by atoms with E-state index >= 15 is 0 Å². The number of hydrogen-bond acceptors (Lipinski definition) is 4. The number of aromatic nitrogens is 1. The zero-order valence-electron chi connectivity index (χ0n) is 20.3. The van der Waals surface area contributed by atoms with Crippen molar-refractivity contribution < 1.29 is 14.3 Å². The Morgan fingerprint density at radius 1 is 1.18 bits per heavy atom. The Balaban J connectivity index is 1.76. The standard InChI is InChI=1S/C27H33N3O3S/c1-5-19-11-13-20(14-12-19)30-23(31)17-34-27-24(21-9-6-7-10-22(21)29(27)4)25(30)26(32)28-15-8-16-33-18(2)3/h6-7,9-14,18,25H,5,8,15-17H2,1-4H3,(H,28,32)/t25-/m1/s1. The highest BCUT2D eigenvalue weighted by Crippen LogP contribution is 2.43. The van der Waals surface area contributed by atoms with Crippen molar-refractivity contribution in [1.82, 2.24) is 9.88 Å². The van der Waals surface area contributed by atoms with Crippen LogP contribution in [0.2, 0.25) is 0 Å². The number of nitrogens with one attached hydrogen (secondary N) is 1. The van der Waals surface area contributed by atoms with Crippen LogP contribution in [0.4, 0.5) is 5.69 Å². The van der Waals surface area contributed by atoms with Crippen LogP contribution >= 0.6 is 11.8 Å². The van der Waals surface area contributed by atoms with Crippen LogP contribution in [0.25, 0.3) is 10.9 Å². The molecule has 0 fully saturated rings. The molecule has 2 heterocycles. The Morgan fingerprint density at radius 3 is 2.62 bits per heavy atom. The van der Waals surface area contributed by atoms with Gasteiger partial charge in [0, 0.05) is 42.4 Å². The fourth-order valence-corrected chi connectivity index (χ4v) is 5.51. The highest BCUT2D eigenvalue weighted by Gasteiger charge is 2.39. The Morgan fingerprint density at radius 2 is 1.91 bits per heavy atom. The largest absolute Gasteiger partial charge is 0.379 e. The molecule has 180 valence electrons. The monoisotopic (exact) mass is 479 g/mol. The summed E-state index contributed by atoms with van der Waals surface area (Å²) in [6.45, 7) is 7.17. The zero-order chi connectivity index (χ0) is 24.2. The second-order valence-electron chi connectivity index (χ2n) is 8.83. The van der Waals surface area contributed by atoms with Gasteiger partial charge in [-0.3, -0.25) is 14.5 Å². The third-order valence-electron chi connectivity index (χ3n) is 6.17. The number of rotatable bonds is 8. The van der Waals surface area contributed by atoms with Crippen molar-refractivity contribution in [2.24, 2.45) is 7.05 Å². The fourth-order valence-electron chi connectivity index (χ4n) is 4.44. The highest BCUT2D eigenvalue weighted by molar-refractivity contribution is 8.00. The number of thioether (sulfide) groups is 1. The van der Waals surface area contributed by atoms with Gasteiger partial charge in [-0.05, 0) is 50.5 Å². The van der Waals surface area contributed by atoms with E-state index in [4.69, 9.17) is 4.74 Å². The molecule has 1 atom stereocenters. The van der Waals surface area contributed by atoms with Gasteiger partial charge < -0.3 is 14.6 Å². The molecule has 7 heteroatoms. The average Bonchev–Trinajstić information content (AvgIpc) is 3.01. The van der Waals surface area contributed by atoms with Crippen LogP contribution in [0.3, 0.4) is 0 Å². The van der Waals surface area contributed by atoms with Gasteiger partial charge in [-0.1, -0.05) is 49.0 Å². The Hall–Kier alpha value is -2.77. The molecule has 2 aromatic carbocycles. The molecule has 0 aliphatic carbocycles. The molecule has 1 aromatic heterocycles.